The average molecular weight is 252 g/mol. The summed E-state index contributed by atoms with van der Waals surface area (Å²) in [6.45, 7) is 1.74. The van der Waals surface area contributed by atoms with Gasteiger partial charge >= 0.3 is 0 Å². The Hall–Kier alpha value is -1.08. The zero-order valence-electron chi connectivity index (χ0n) is 7.92. The van der Waals surface area contributed by atoms with Crippen molar-refractivity contribution >= 4 is 25.6 Å². The first kappa shape index (κ1) is 12.0. The van der Waals surface area contributed by atoms with Gasteiger partial charge in [-0.05, 0) is 6.42 Å². The summed E-state index contributed by atoms with van der Waals surface area (Å²) in [5, 5.41) is 3.73. The Morgan fingerprint density at radius 3 is 2.67 bits per heavy atom. The van der Waals surface area contributed by atoms with Crippen molar-refractivity contribution in [2.75, 3.05) is 0 Å². The van der Waals surface area contributed by atoms with E-state index in [0.717, 1.165) is 6.20 Å². The number of carbonyl (C=O) groups excluding carboxylic acids is 1. The van der Waals surface area contributed by atoms with Crippen molar-refractivity contribution in [1.29, 1.82) is 0 Å². The Balaban J connectivity index is 3.08. The van der Waals surface area contributed by atoms with Crippen LogP contribution in [0.4, 0.5) is 0 Å². The first-order chi connectivity index (χ1) is 6.86. The highest BCUT2D eigenvalue weighted by atomic mass is 35.7. The largest absolute Gasteiger partial charge is 0.368 e. The van der Waals surface area contributed by atoms with E-state index < -0.39 is 21.0 Å². The molecule has 1 rings (SSSR count). The zero-order chi connectivity index (χ0) is 11.6. The number of nitrogens with zero attached hydrogens (tertiary/aromatic N) is 2. The van der Waals surface area contributed by atoms with Gasteiger partial charge in [0.05, 0.1) is 6.20 Å². The van der Waals surface area contributed by atoms with Gasteiger partial charge in [0.1, 0.15) is 10.9 Å². The highest BCUT2D eigenvalue weighted by molar-refractivity contribution is 8.13. The molecule has 0 aliphatic heterocycles. The summed E-state index contributed by atoms with van der Waals surface area (Å²) in [4.78, 5) is 10.8. The van der Waals surface area contributed by atoms with E-state index in [1.54, 1.807) is 6.92 Å². The monoisotopic (exact) mass is 251 g/mol. The highest BCUT2D eigenvalue weighted by Crippen LogP contribution is 2.17. The van der Waals surface area contributed by atoms with Gasteiger partial charge in [0, 0.05) is 16.9 Å². The van der Waals surface area contributed by atoms with Crippen molar-refractivity contribution < 1.29 is 13.2 Å². The molecule has 1 amide bonds. The molecule has 1 atom stereocenters. The summed E-state index contributed by atoms with van der Waals surface area (Å²) in [6, 6.07) is -0.655. The minimum absolute atomic E-state index is 0.149. The van der Waals surface area contributed by atoms with Gasteiger partial charge in [-0.2, -0.15) is 5.10 Å². The van der Waals surface area contributed by atoms with Crippen LogP contribution in [0.15, 0.2) is 17.3 Å². The third-order valence-corrected chi connectivity index (χ3v) is 3.20. The molecule has 1 aromatic rings. The molecule has 0 saturated carbocycles. The van der Waals surface area contributed by atoms with Gasteiger partial charge in [-0.25, -0.2) is 8.42 Å². The van der Waals surface area contributed by atoms with Gasteiger partial charge < -0.3 is 5.73 Å². The van der Waals surface area contributed by atoms with Gasteiger partial charge in [-0.3, -0.25) is 9.48 Å². The highest BCUT2D eigenvalue weighted by Gasteiger charge is 2.19. The number of hydrogen-bond donors (Lipinski definition) is 1. The summed E-state index contributed by atoms with van der Waals surface area (Å²) in [5.41, 5.74) is 5.12. The standard InChI is InChI=1S/C7H10ClN3O3S/c1-2-6(7(9)12)11-4-5(3-10-11)15(8,13)14/h3-4,6H,2H2,1H3,(H2,9,12). The molecular formula is C7H10ClN3O3S. The van der Waals surface area contributed by atoms with Crippen LogP contribution >= 0.6 is 10.7 Å². The molecule has 15 heavy (non-hydrogen) atoms. The quantitative estimate of drug-likeness (QED) is 0.776. The molecule has 6 nitrogen and oxygen atoms in total. The molecule has 1 aromatic heterocycles. The Morgan fingerprint density at radius 1 is 1.73 bits per heavy atom. The molecular weight excluding hydrogens is 242 g/mol. The fourth-order valence-corrected chi connectivity index (χ4v) is 1.78. The number of aromatic nitrogens is 2. The summed E-state index contributed by atoms with van der Waals surface area (Å²) < 4.78 is 23.0. The lowest BCUT2D eigenvalue weighted by Crippen LogP contribution is -2.26. The van der Waals surface area contributed by atoms with Crippen molar-refractivity contribution in [3.05, 3.63) is 12.4 Å². The molecule has 0 fully saturated rings. The maximum atomic E-state index is 11.0. The Kier molecular flexibility index (Phi) is 3.35. The maximum absolute atomic E-state index is 11.0. The number of primary amides is 1. The predicted molar refractivity (Wildman–Crippen MR) is 53.8 cm³/mol. The van der Waals surface area contributed by atoms with Gasteiger partial charge in [-0.15, -0.1) is 0 Å². The van der Waals surface area contributed by atoms with E-state index in [2.05, 4.69) is 5.10 Å². The topological polar surface area (TPSA) is 95.0 Å². The summed E-state index contributed by atoms with van der Waals surface area (Å²) in [5.74, 6) is -0.570. The van der Waals surface area contributed by atoms with Crippen LogP contribution in [0.25, 0.3) is 0 Å². The lowest BCUT2D eigenvalue weighted by Gasteiger charge is -2.10. The first-order valence-electron chi connectivity index (χ1n) is 4.14. The van der Waals surface area contributed by atoms with E-state index in [1.165, 1.54) is 10.9 Å². The minimum atomic E-state index is -3.81. The van der Waals surface area contributed by atoms with E-state index in [1.807, 2.05) is 0 Å². The fourth-order valence-electron chi connectivity index (χ4n) is 1.14. The Bertz CT molecular complexity index is 468. The number of hydrogen-bond acceptors (Lipinski definition) is 4. The number of halogens is 1. The molecule has 0 aromatic carbocycles. The second-order valence-corrected chi connectivity index (χ2v) is 5.49. The van der Waals surface area contributed by atoms with Crippen LogP contribution in [0.2, 0.25) is 0 Å². The van der Waals surface area contributed by atoms with Gasteiger partial charge in [0.2, 0.25) is 5.91 Å². The van der Waals surface area contributed by atoms with Crippen LogP contribution < -0.4 is 5.73 Å². The fraction of sp³-hybridized carbons (Fsp3) is 0.429. The van der Waals surface area contributed by atoms with E-state index in [-0.39, 0.29) is 4.90 Å². The lowest BCUT2D eigenvalue weighted by molar-refractivity contribution is -0.121. The molecule has 1 heterocycles. The van der Waals surface area contributed by atoms with Gasteiger partial charge in [-0.1, -0.05) is 6.92 Å². The number of amides is 1. The summed E-state index contributed by atoms with van der Waals surface area (Å²) >= 11 is 0. The zero-order valence-corrected chi connectivity index (χ0v) is 9.49. The number of nitrogens with two attached hydrogens (primary N) is 1. The SMILES string of the molecule is CCC(C(N)=O)n1cc(S(=O)(=O)Cl)cn1. The first-order valence-corrected chi connectivity index (χ1v) is 6.45. The molecule has 84 valence electrons. The molecule has 8 heteroatoms. The molecule has 0 aliphatic carbocycles. The second-order valence-electron chi connectivity index (χ2n) is 2.92. The molecule has 0 radical (unpaired) electrons. The van der Waals surface area contributed by atoms with Crippen LogP contribution in [-0.4, -0.2) is 24.1 Å². The van der Waals surface area contributed by atoms with Crippen molar-refractivity contribution in [3.8, 4) is 0 Å². The van der Waals surface area contributed by atoms with Crippen molar-refractivity contribution in [2.45, 2.75) is 24.3 Å². The van der Waals surface area contributed by atoms with Crippen molar-refractivity contribution in [1.82, 2.24) is 9.78 Å². The van der Waals surface area contributed by atoms with Crippen molar-refractivity contribution in [3.63, 3.8) is 0 Å². The normalized spacial score (nSPS) is 13.7. The Morgan fingerprint density at radius 2 is 2.33 bits per heavy atom. The summed E-state index contributed by atoms with van der Waals surface area (Å²) in [6.07, 6.45) is 2.69. The predicted octanol–water partition coefficient (Wildman–Crippen LogP) is 0.247. The van der Waals surface area contributed by atoms with Crippen LogP contribution in [0.3, 0.4) is 0 Å². The average Bonchev–Trinajstić information content (AvgIpc) is 2.52. The van der Waals surface area contributed by atoms with Gasteiger partial charge in [0.25, 0.3) is 9.05 Å². The molecule has 0 spiro atoms. The number of rotatable bonds is 4. The van der Waals surface area contributed by atoms with E-state index in [4.69, 9.17) is 16.4 Å². The second kappa shape index (κ2) is 4.19. The number of carbonyl (C=O) groups is 1. The molecule has 0 bridgehead atoms. The molecule has 0 aliphatic rings. The smallest absolute Gasteiger partial charge is 0.264 e. The lowest BCUT2D eigenvalue weighted by atomic mass is 10.2. The Labute approximate surface area is 91.4 Å². The van der Waals surface area contributed by atoms with Crippen LogP contribution in [0.5, 0.6) is 0 Å². The molecule has 0 saturated heterocycles. The maximum Gasteiger partial charge on any atom is 0.264 e. The van der Waals surface area contributed by atoms with E-state index in [0.29, 0.717) is 6.42 Å². The van der Waals surface area contributed by atoms with Crippen LogP contribution in [0.1, 0.15) is 19.4 Å². The van der Waals surface area contributed by atoms with Crippen molar-refractivity contribution in [2.24, 2.45) is 5.73 Å². The molecule has 1 unspecified atom stereocenters. The van der Waals surface area contributed by atoms with Crippen LogP contribution in [-0.2, 0) is 13.8 Å². The minimum Gasteiger partial charge on any atom is -0.368 e. The van der Waals surface area contributed by atoms with Crippen LogP contribution in [0, 0.1) is 0 Å². The molecule has 2 N–H and O–H groups in total. The third kappa shape index (κ3) is 2.69. The van der Waals surface area contributed by atoms with Gasteiger partial charge in [0.15, 0.2) is 0 Å². The summed E-state index contributed by atoms with van der Waals surface area (Å²) in [7, 11) is 1.29. The third-order valence-electron chi connectivity index (χ3n) is 1.89. The van der Waals surface area contributed by atoms with E-state index in [9.17, 15) is 13.2 Å². The van der Waals surface area contributed by atoms with E-state index >= 15 is 0 Å².